The topological polar surface area (TPSA) is 78.4 Å². The van der Waals surface area contributed by atoms with Crippen molar-refractivity contribution in [2.24, 2.45) is 0 Å². The summed E-state index contributed by atoms with van der Waals surface area (Å²) >= 11 is 20.6. The number of halogens is 3. The first-order valence-electron chi connectivity index (χ1n) is 7.80. The van der Waals surface area contributed by atoms with Gasteiger partial charge in [0.1, 0.15) is 0 Å². The van der Waals surface area contributed by atoms with Gasteiger partial charge in [-0.2, -0.15) is 0 Å². The fourth-order valence-electron chi connectivity index (χ4n) is 2.60. The average Bonchev–Trinajstić information content (AvgIpc) is 2.63. The van der Waals surface area contributed by atoms with Crippen molar-refractivity contribution >= 4 is 84.8 Å². The molecule has 0 aliphatic carbocycles. The first kappa shape index (κ1) is 20.5. The summed E-state index contributed by atoms with van der Waals surface area (Å²) in [5, 5.41) is 16.3. The number of nitrogens with one attached hydrogen (secondary N) is 2. The van der Waals surface area contributed by atoms with Crippen molar-refractivity contribution in [3.63, 3.8) is 0 Å². The molecule has 3 N–H and O–H groups in total. The molecule has 0 bridgehead atoms. The predicted molar refractivity (Wildman–Crippen MR) is 119 cm³/mol. The Kier molecular flexibility index (Phi) is 6.20. The number of carboxylic acid groups (broad SMARTS) is 1. The van der Waals surface area contributed by atoms with Crippen LogP contribution < -0.4 is 10.6 Å². The second-order valence-electron chi connectivity index (χ2n) is 5.67. The zero-order chi connectivity index (χ0) is 20.4. The fraction of sp³-hybridized carbons (Fsp3) is 0. The quantitative estimate of drug-likeness (QED) is 0.402. The lowest BCUT2D eigenvalue weighted by Crippen LogP contribution is -2.34. The Bertz CT molecular complexity index is 1140. The van der Waals surface area contributed by atoms with Crippen LogP contribution in [0.15, 0.2) is 53.0 Å². The van der Waals surface area contributed by atoms with Crippen LogP contribution in [0.2, 0.25) is 10.0 Å². The van der Waals surface area contributed by atoms with Gasteiger partial charge in [0.15, 0.2) is 5.11 Å². The molecule has 3 aromatic carbocycles. The Morgan fingerprint density at radius 3 is 2.36 bits per heavy atom. The van der Waals surface area contributed by atoms with Crippen molar-refractivity contribution in [2.75, 3.05) is 5.32 Å². The van der Waals surface area contributed by atoms with Crippen molar-refractivity contribution in [2.45, 2.75) is 0 Å². The molecule has 0 radical (unpaired) electrons. The first-order chi connectivity index (χ1) is 13.3. The molecule has 0 saturated heterocycles. The standard InChI is InChI=1S/C19H11BrCl2N2O3S/c20-13-6-2-3-9-10(13)4-1-5-11(9)17(25)24-19(28)23-16-7-12(18(26)27)14(21)8-15(16)22/h1-8H,(H,26,27)(H2,23,24,25,28). The van der Waals surface area contributed by atoms with E-state index in [9.17, 15) is 14.7 Å². The highest BCUT2D eigenvalue weighted by Crippen LogP contribution is 2.29. The summed E-state index contributed by atoms with van der Waals surface area (Å²) in [7, 11) is 0. The molecule has 3 aromatic rings. The van der Waals surface area contributed by atoms with Gasteiger partial charge < -0.3 is 10.4 Å². The SMILES string of the molecule is O=C(O)c1cc(NC(=S)NC(=O)c2cccc3c(Br)cccc23)c(Cl)cc1Cl. The van der Waals surface area contributed by atoms with Crippen LogP contribution in [-0.4, -0.2) is 22.1 Å². The zero-order valence-corrected chi connectivity index (χ0v) is 17.8. The van der Waals surface area contributed by atoms with Crippen LogP contribution in [0.25, 0.3) is 10.8 Å². The lowest BCUT2D eigenvalue weighted by Gasteiger charge is -2.13. The number of amides is 1. The molecule has 0 heterocycles. The fourth-order valence-corrected chi connectivity index (χ4v) is 3.81. The van der Waals surface area contributed by atoms with E-state index in [4.69, 9.17) is 35.4 Å². The smallest absolute Gasteiger partial charge is 0.337 e. The number of carboxylic acids is 1. The van der Waals surface area contributed by atoms with Crippen molar-refractivity contribution in [3.05, 3.63) is 74.2 Å². The molecule has 5 nitrogen and oxygen atoms in total. The number of hydrogen-bond donors (Lipinski definition) is 3. The average molecular weight is 498 g/mol. The molecule has 0 aliphatic rings. The van der Waals surface area contributed by atoms with Gasteiger partial charge in [0, 0.05) is 10.0 Å². The Hall–Kier alpha value is -2.19. The van der Waals surface area contributed by atoms with Gasteiger partial charge in [-0.1, -0.05) is 63.4 Å². The van der Waals surface area contributed by atoms with Crippen LogP contribution in [0.5, 0.6) is 0 Å². The van der Waals surface area contributed by atoms with E-state index >= 15 is 0 Å². The van der Waals surface area contributed by atoms with E-state index < -0.39 is 11.9 Å². The monoisotopic (exact) mass is 496 g/mol. The third-order valence-corrected chi connectivity index (χ3v) is 5.40. The van der Waals surface area contributed by atoms with Crippen molar-refractivity contribution in [1.82, 2.24) is 5.32 Å². The first-order valence-corrected chi connectivity index (χ1v) is 9.75. The highest BCUT2D eigenvalue weighted by atomic mass is 79.9. The molecule has 3 rings (SSSR count). The molecule has 0 unspecified atom stereocenters. The molecule has 0 atom stereocenters. The van der Waals surface area contributed by atoms with Gasteiger partial charge in [-0.05, 0) is 47.3 Å². The van der Waals surface area contributed by atoms with Gasteiger partial charge in [-0.25, -0.2) is 4.79 Å². The van der Waals surface area contributed by atoms with Crippen molar-refractivity contribution in [3.8, 4) is 0 Å². The summed E-state index contributed by atoms with van der Waals surface area (Å²) in [6.07, 6.45) is 0. The number of rotatable bonds is 3. The Labute approximate surface area is 183 Å². The summed E-state index contributed by atoms with van der Waals surface area (Å²) < 4.78 is 0.870. The van der Waals surface area contributed by atoms with Gasteiger partial charge in [0.05, 0.1) is 21.3 Å². The number of fused-ring (bicyclic) bond motifs is 1. The normalized spacial score (nSPS) is 10.5. The van der Waals surface area contributed by atoms with Gasteiger partial charge in [-0.3, -0.25) is 10.1 Å². The molecule has 1 amide bonds. The lowest BCUT2D eigenvalue weighted by molar-refractivity contribution is 0.0697. The number of carbonyl (C=O) groups is 2. The third kappa shape index (κ3) is 4.28. The van der Waals surface area contributed by atoms with Gasteiger partial charge >= 0.3 is 5.97 Å². The van der Waals surface area contributed by atoms with Gasteiger partial charge in [-0.15, -0.1) is 0 Å². The van der Waals surface area contributed by atoms with Gasteiger partial charge in [0.2, 0.25) is 0 Å². The van der Waals surface area contributed by atoms with E-state index in [0.717, 1.165) is 15.2 Å². The summed E-state index contributed by atoms with van der Waals surface area (Å²) in [5.74, 6) is -1.62. The summed E-state index contributed by atoms with van der Waals surface area (Å²) in [6, 6.07) is 13.5. The Morgan fingerprint density at radius 2 is 1.64 bits per heavy atom. The highest BCUT2D eigenvalue weighted by molar-refractivity contribution is 9.10. The molecule has 0 aliphatic heterocycles. The summed E-state index contributed by atoms with van der Waals surface area (Å²) in [5.41, 5.74) is 0.521. The second-order valence-corrected chi connectivity index (χ2v) is 7.74. The zero-order valence-electron chi connectivity index (χ0n) is 13.9. The minimum atomic E-state index is -1.21. The predicted octanol–water partition coefficient (Wildman–Crippen LogP) is 5.73. The van der Waals surface area contributed by atoms with E-state index in [-0.39, 0.29) is 26.4 Å². The molecule has 9 heteroatoms. The second kappa shape index (κ2) is 8.45. The molecule has 0 aromatic heterocycles. The highest BCUT2D eigenvalue weighted by Gasteiger charge is 2.16. The lowest BCUT2D eigenvalue weighted by atomic mass is 10.0. The van der Waals surface area contributed by atoms with Crippen LogP contribution in [0.4, 0.5) is 5.69 Å². The number of hydrogen-bond acceptors (Lipinski definition) is 3. The van der Waals surface area contributed by atoms with Crippen molar-refractivity contribution in [1.29, 1.82) is 0 Å². The number of aromatic carboxylic acids is 1. The minimum Gasteiger partial charge on any atom is -0.478 e. The molecule has 142 valence electrons. The molecular weight excluding hydrogens is 487 g/mol. The minimum absolute atomic E-state index is 0.000615. The van der Waals surface area contributed by atoms with Crippen LogP contribution in [0, 0.1) is 0 Å². The van der Waals surface area contributed by atoms with E-state index in [2.05, 4.69) is 26.6 Å². The molecular formula is C19H11BrCl2N2O3S. The van der Waals surface area contributed by atoms with E-state index in [1.807, 2.05) is 24.3 Å². The maximum absolute atomic E-state index is 12.7. The number of thiocarbonyl (C=S) groups is 1. The number of anilines is 1. The number of carbonyl (C=O) groups excluding carboxylic acids is 1. The molecule has 0 saturated carbocycles. The maximum atomic E-state index is 12.7. The Morgan fingerprint density at radius 1 is 0.964 bits per heavy atom. The maximum Gasteiger partial charge on any atom is 0.337 e. The third-order valence-electron chi connectivity index (χ3n) is 3.88. The summed E-state index contributed by atoms with van der Waals surface area (Å²) in [4.78, 5) is 23.9. The molecule has 28 heavy (non-hydrogen) atoms. The van der Waals surface area contributed by atoms with Crippen LogP contribution >= 0.6 is 51.3 Å². The Balaban J connectivity index is 1.83. The van der Waals surface area contributed by atoms with E-state index in [0.29, 0.717) is 5.56 Å². The number of benzene rings is 3. The van der Waals surface area contributed by atoms with Crippen LogP contribution in [0.1, 0.15) is 20.7 Å². The van der Waals surface area contributed by atoms with Crippen LogP contribution in [-0.2, 0) is 0 Å². The van der Waals surface area contributed by atoms with E-state index in [1.54, 1.807) is 12.1 Å². The largest absolute Gasteiger partial charge is 0.478 e. The molecule has 0 fully saturated rings. The van der Waals surface area contributed by atoms with E-state index in [1.165, 1.54) is 12.1 Å². The van der Waals surface area contributed by atoms with Crippen LogP contribution in [0.3, 0.4) is 0 Å². The molecule has 0 spiro atoms. The van der Waals surface area contributed by atoms with Crippen molar-refractivity contribution < 1.29 is 14.7 Å². The summed E-state index contributed by atoms with van der Waals surface area (Å²) in [6.45, 7) is 0. The van der Waals surface area contributed by atoms with Gasteiger partial charge in [0.25, 0.3) is 5.91 Å².